The van der Waals surface area contributed by atoms with Gasteiger partial charge in [-0.05, 0) is 36.8 Å². The average Bonchev–Trinajstić information content (AvgIpc) is 3.32. The van der Waals surface area contributed by atoms with Gasteiger partial charge in [-0.25, -0.2) is 4.98 Å². The fraction of sp³-hybridized carbons (Fsp3) is 0.154. The van der Waals surface area contributed by atoms with Crippen molar-refractivity contribution in [2.75, 3.05) is 6.54 Å². The first-order valence-electron chi connectivity index (χ1n) is 10.6. The summed E-state index contributed by atoms with van der Waals surface area (Å²) in [7, 11) is 0. The molecule has 0 fully saturated rings. The highest BCUT2D eigenvalue weighted by Crippen LogP contribution is 2.36. The van der Waals surface area contributed by atoms with Crippen molar-refractivity contribution in [2.24, 2.45) is 0 Å². The summed E-state index contributed by atoms with van der Waals surface area (Å²) in [5.41, 5.74) is 2.57. The van der Waals surface area contributed by atoms with Crippen molar-refractivity contribution in [1.29, 1.82) is 0 Å². The van der Waals surface area contributed by atoms with Crippen LogP contribution < -0.4 is 0 Å². The minimum Gasteiger partial charge on any atom is -0.297 e. The zero-order valence-electron chi connectivity index (χ0n) is 18.1. The number of rotatable bonds is 9. The van der Waals surface area contributed by atoms with Gasteiger partial charge in [-0.15, -0.1) is 11.8 Å². The Morgan fingerprint density at radius 3 is 2.39 bits per heavy atom. The van der Waals surface area contributed by atoms with Gasteiger partial charge in [-0.3, -0.25) is 19.5 Å². The SMILES string of the molecule is Cc1cccc([C@@H](C[N+](=O)[O-])[C@H](Sc2ccccc2)C(=O)c2nccn2-c2ccccc2)c1. The lowest BCUT2D eigenvalue weighted by atomic mass is 9.91. The fourth-order valence-corrected chi connectivity index (χ4v) is 5.04. The van der Waals surface area contributed by atoms with Crippen LogP contribution in [0.5, 0.6) is 0 Å². The van der Waals surface area contributed by atoms with Crippen LogP contribution in [0.4, 0.5) is 0 Å². The summed E-state index contributed by atoms with van der Waals surface area (Å²) in [6.07, 6.45) is 3.32. The standard InChI is InChI=1S/C26H23N3O3S/c1-19-9-8-10-20(17-19)23(18-29(31)32)25(33-22-13-6-3-7-14-22)24(30)26-27-15-16-28(26)21-11-4-2-5-12-21/h2-17,23,25H,18H2,1H3/t23-,25+/m1/s1. The van der Waals surface area contributed by atoms with Crippen LogP contribution in [-0.2, 0) is 0 Å². The Morgan fingerprint density at radius 2 is 1.73 bits per heavy atom. The monoisotopic (exact) mass is 457 g/mol. The molecule has 2 atom stereocenters. The Hall–Kier alpha value is -3.71. The summed E-state index contributed by atoms with van der Waals surface area (Å²) in [5, 5.41) is 11.0. The molecule has 6 nitrogen and oxygen atoms in total. The first kappa shape index (κ1) is 22.5. The highest BCUT2D eigenvalue weighted by Gasteiger charge is 2.37. The number of hydrogen-bond donors (Lipinski definition) is 0. The molecule has 0 spiro atoms. The molecule has 166 valence electrons. The van der Waals surface area contributed by atoms with E-state index in [0.29, 0.717) is 0 Å². The number of nitrogens with zero attached hydrogens (tertiary/aromatic N) is 3. The van der Waals surface area contributed by atoms with E-state index in [-0.39, 0.29) is 23.1 Å². The summed E-state index contributed by atoms with van der Waals surface area (Å²) in [4.78, 5) is 30.5. The maximum Gasteiger partial charge on any atom is 0.212 e. The van der Waals surface area contributed by atoms with Crippen molar-refractivity contribution < 1.29 is 9.72 Å². The lowest BCUT2D eigenvalue weighted by molar-refractivity contribution is -0.483. The van der Waals surface area contributed by atoms with E-state index in [1.165, 1.54) is 11.8 Å². The number of Topliss-reactive ketones (excluding diaryl/α,β-unsaturated/α-hetero) is 1. The van der Waals surface area contributed by atoms with Gasteiger partial charge >= 0.3 is 0 Å². The van der Waals surface area contributed by atoms with Gasteiger partial charge in [0.15, 0.2) is 5.82 Å². The van der Waals surface area contributed by atoms with Crippen molar-refractivity contribution in [2.45, 2.75) is 23.0 Å². The molecule has 3 aromatic carbocycles. The number of thioether (sulfide) groups is 1. The van der Waals surface area contributed by atoms with E-state index >= 15 is 0 Å². The van der Waals surface area contributed by atoms with Crippen LogP contribution in [0.1, 0.15) is 27.7 Å². The van der Waals surface area contributed by atoms with E-state index < -0.39 is 11.2 Å². The molecule has 0 N–H and O–H groups in total. The van der Waals surface area contributed by atoms with Gasteiger partial charge in [0.05, 0.1) is 11.2 Å². The predicted octanol–water partition coefficient (Wildman–Crippen LogP) is 5.58. The quantitative estimate of drug-likeness (QED) is 0.142. The first-order chi connectivity index (χ1) is 16.0. The Labute approximate surface area is 196 Å². The van der Waals surface area contributed by atoms with E-state index in [9.17, 15) is 14.9 Å². The molecule has 0 bridgehead atoms. The second-order valence-corrected chi connectivity index (χ2v) is 8.92. The van der Waals surface area contributed by atoms with Gasteiger partial charge in [0, 0.05) is 27.9 Å². The van der Waals surface area contributed by atoms with E-state index in [1.807, 2.05) is 91.9 Å². The van der Waals surface area contributed by atoms with Crippen molar-refractivity contribution in [3.63, 3.8) is 0 Å². The van der Waals surface area contributed by atoms with Crippen LogP contribution in [0.2, 0.25) is 0 Å². The summed E-state index contributed by atoms with van der Waals surface area (Å²) >= 11 is 1.34. The van der Waals surface area contributed by atoms with E-state index in [2.05, 4.69) is 4.98 Å². The van der Waals surface area contributed by atoms with E-state index in [0.717, 1.165) is 21.7 Å². The zero-order chi connectivity index (χ0) is 23.2. The Kier molecular flexibility index (Phi) is 7.00. The summed E-state index contributed by atoms with van der Waals surface area (Å²) in [5.74, 6) is -0.611. The molecule has 0 saturated heterocycles. The zero-order valence-corrected chi connectivity index (χ0v) is 18.9. The molecule has 0 saturated carbocycles. The molecule has 0 aliphatic carbocycles. The van der Waals surface area contributed by atoms with Crippen LogP contribution in [0.15, 0.2) is 102 Å². The molecule has 1 heterocycles. The third kappa shape index (κ3) is 5.38. The second-order valence-electron chi connectivity index (χ2n) is 7.71. The Morgan fingerprint density at radius 1 is 1.03 bits per heavy atom. The number of aromatic nitrogens is 2. The molecule has 0 aliphatic heterocycles. The molecule has 4 aromatic rings. The van der Waals surface area contributed by atoms with E-state index in [1.54, 1.807) is 17.0 Å². The number of para-hydroxylation sites is 1. The number of imidazole rings is 1. The molecule has 33 heavy (non-hydrogen) atoms. The van der Waals surface area contributed by atoms with Crippen molar-refractivity contribution in [3.05, 3.63) is 124 Å². The highest BCUT2D eigenvalue weighted by atomic mass is 32.2. The lowest BCUT2D eigenvalue weighted by Crippen LogP contribution is -2.32. The topological polar surface area (TPSA) is 78.0 Å². The van der Waals surface area contributed by atoms with Gasteiger partial charge < -0.3 is 0 Å². The largest absolute Gasteiger partial charge is 0.297 e. The molecule has 4 rings (SSSR count). The van der Waals surface area contributed by atoms with E-state index in [4.69, 9.17) is 0 Å². The third-order valence-electron chi connectivity index (χ3n) is 5.34. The number of nitro groups is 1. The lowest BCUT2D eigenvalue weighted by Gasteiger charge is -2.24. The van der Waals surface area contributed by atoms with Gasteiger partial charge in [-0.1, -0.05) is 66.2 Å². The third-order valence-corrected chi connectivity index (χ3v) is 6.68. The number of benzene rings is 3. The van der Waals surface area contributed by atoms with Crippen molar-refractivity contribution >= 4 is 17.5 Å². The van der Waals surface area contributed by atoms with Crippen LogP contribution >= 0.6 is 11.8 Å². The summed E-state index contributed by atoms with van der Waals surface area (Å²) in [6, 6.07) is 26.6. The fourth-order valence-electron chi connectivity index (χ4n) is 3.81. The van der Waals surface area contributed by atoms with Crippen LogP contribution in [0, 0.1) is 17.0 Å². The van der Waals surface area contributed by atoms with Gasteiger partial charge in [0.2, 0.25) is 12.3 Å². The summed E-state index contributed by atoms with van der Waals surface area (Å²) < 4.78 is 1.74. The maximum absolute atomic E-state index is 14.0. The van der Waals surface area contributed by atoms with Gasteiger partial charge in [-0.2, -0.15) is 0 Å². The second kappa shape index (κ2) is 10.3. The average molecular weight is 458 g/mol. The molecular formula is C26H23N3O3S. The Bertz CT molecular complexity index is 1240. The molecular weight excluding hydrogens is 434 g/mol. The normalized spacial score (nSPS) is 12.8. The van der Waals surface area contributed by atoms with Crippen molar-refractivity contribution in [3.8, 4) is 5.69 Å². The number of carbonyl (C=O) groups excluding carboxylic acids is 1. The molecule has 7 heteroatoms. The van der Waals surface area contributed by atoms with Crippen molar-refractivity contribution in [1.82, 2.24) is 9.55 Å². The first-order valence-corrected chi connectivity index (χ1v) is 11.4. The molecule has 1 aromatic heterocycles. The molecule has 0 aliphatic rings. The minimum absolute atomic E-state index is 0.244. The molecule has 0 unspecified atom stereocenters. The highest BCUT2D eigenvalue weighted by molar-refractivity contribution is 8.00. The van der Waals surface area contributed by atoms with Crippen LogP contribution in [0.3, 0.4) is 0 Å². The molecule has 0 radical (unpaired) electrons. The number of hydrogen-bond acceptors (Lipinski definition) is 5. The summed E-state index contributed by atoms with van der Waals surface area (Å²) in [6.45, 7) is 1.59. The maximum atomic E-state index is 14.0. The number of ketones is 1. The number of aryl methyl sites for hydroxylation is 1. The van der Waals surface area contributed by atoms with Crippen LogP contribution in [0.25, 0.3) is 5.69 Å². The van der Waals surface area contributed by atoms with Gasteiger partial charge in [0.25, 0.3) is 0 Å². The number of carbonyl (C=O) groups is 1. The minimum atomic E-state index is -0.732. The molecule has 0 amide bonds. The predicted molar refractivity (Wildman–Crippen MR) is 130 cm³/mol. The smallest absolute Gasteiger partial charge is 0.212 e. The van der Waals surface area contributed by atoms with Gasteiger partial charge in [0.1, 0.15) is 0 Å². The Balaban J connectivity index is 1.80. The van der Waals surface area contributed by atoms with Crippen LogP contribution in [-0.4, -0.2) is 32.1 Å².